The van der Waals surface area contributed by atoms with E-state index in [9.17, 15) is 14.4 Å². The van der Waals surface area contributed by atoms with Crippen molar-refractivity contribution in [1.82, 2.24) is 0 Å². The van der Waals surface area contributed by atoms with Crippen LogP contribution in [0.3, 0.4) is 0 Å². The molecule has 0 unspecified atom stereocenters. The average molecular weight is 384 g/mol. The predicted molar refractivity (Wildman–Crippen MR) is 106 cm³/mol. The number of hydrogen-bond donors (Lipinski definition) is 2. The van der Waals surface area contributed by atoms with Crippen LogP contribution in [0, 0.1) is 5.41 Å². The molecule has 28 heavy (non-hydrogen) atoms. The van der Waals surface area contributed by atoms with Crippen LogP contribution in [-0.2, 0) is 14.3 Å². The third kappa shape index (κ3) is 4.88. The predicted octanol–water partition coefficient (Wildman–Crippen LogP) is 3.48. The van der Waals surface area contributed by atoms with Crippen molar-refractivity contribution in [2.45, 2.75) is 20.8 Å². The van der Waals surface area contributed by atoms with E-state index in [0.717, 1.165) is 0 Å². The zero-order chi connectivity index (χ0) is 20.7. The van der Waals surface area contributed by atoms with Gasteiger partial charge in [0.05, 0.1) is 25.0 Å². The van der Waals surface area contributed by atoms with Gasteiger partial charge in [0, 0.05) is 5.69 Å². The molecule has 2 aromatic rings. The van der Waals surface area contributed by atoms with E-state index >= 15 is 0 Å². The Hall–Kier alpha value is -3.35. The van der Waals surface area contributed by atoms with Gasteiger partial charge in [-0.05, 0) is 51.1 Å². The molecule has 0 heterocycles. The Balaban J connectivity index is 2.14. The van der Waals surface area contributed by atoms with E-state index in [-0.39, 0.29) is 0 Å². The van der Waals surface area contributed by atoms with Gasteiger partial charge in [0.15, 0.2) is 0 Å². The molecule has 0 aliphatic carbocycles. The molecule has 7 heteroatoms. The summed E-state index contributed by atoms with van der Waals surface area (Å²) in [6, 6.07) is 13.3. The second-order valence-corrected chi connectivity index (χ2v) is 6.53. The maximum atomic E-state index is 12.7. The van der Waals surface area contributed by atoms with Crippen LogP contribution in [0.5, 0.6) is 5.75 Å². The van der Waals surface area contributed by atoms with Gasteiger partial charge in [-0.3, -0.25) is 9.59 Å². The summed E-state index contributed by atoms with van der Waals surface area (Å²) < 4.78 is 10.2. The number of methoxy groups -OCH3 is 1. The Kier molecular flexibility index (Phi) is 6.76. The molecule has 0 aromatic heterocycles. The minimum absolute atomic E-state index is 0.299. The second kappa shape index (κ2) is 9.03. The molecule has 2 aromatic carbocycles. The molecule has 0 saturated carbocycles. The molecule has 2 N–H and O–H groups in total. The van der Waals surface area contributed by atoms with Gasteiger partial charge in [0.1, 0.15) is 11.2 Å². The van der Waals surface area contributed by atoms with Crippen LogP contribution in [0.4, 0.5) is 11.4 Å². The van der Waals surface area contributed by atoms with E-state index in [1.807, 2.05) is 6.92 Å². The number of ether oxygens (including phenoxy) is 2. The number of amides is 2. The number of carbonyl (C=O) groups excluding carboxylic acids is 3. The van der Waals surface area contributed by atoms with Crippen molar-refractivity contribution in [3.63, 3.8) is 0 Å². The van der Waals surface area contributed by atoms with Gasteiger partial charge in [0.2, 0.25) is 11.8 Å². The summed E-state index contributed by atoms with van der Waals surface area (Å²) in [6.45, 7) is 5.34. The van der Waals surface area contributed by atoms with Crippen LogP contribution in [0.1, 0.15) is 31.1 Å². The van der Waals surface area contributed by atoms with Crippen molar-refractivity contribution >= 4 is 29.2 Å². The first-order valence-electron chi connectivity index (χ1n) is 8.82. The van der Waals surface area contributed by atoms with Gasteiger partial charge in [-0.1, -0.05) is 18.2 Å². The number of benzene rings is 2. The van der Waals surface area contributed by atoms with Crippen molar-refractivity contribution in [3.05, 3.63) is 54.1 Å². The molecule has 2 amide bonds. The highest BCUT2D eigenvalue weighted by Crippen LogP contribution is 2.27. The largest absolute Gasteiger partial charge is 0.492 e. The lowest BCUT2D eigenvalue weighted by Crippen LogP contribution is -2.41. The zero-order valence-corrected chi connectivity index (χ0v) is 16.4. The SMILES string of the molecule is CCOc1ccccc1NC(=O)C(C)(C)C(=O)Nc1cccc(C(=O)OC)c1. The third-order valence-corrected chi connectivity index (χ3v) is 4.11. The molecule has 0 aliphatic heterocycles. The molecule has 0 atom stereocenters. The van der Waals surface area contributed by atoms with Gasteiger partial charge in [0.25, 0.3) is 0 Å². The van der Waals surface area contributed by atoms with Crippen molar-refractivity contribution in [2.24, 2.45) is 5.41 Å². The van der Waals surface area contributed by atoms with E-state index in [1.54, 1.807) is 42.5 Å². The van der Waals surface area contributed by atoms with Gasteiger partial charge in [-0.2, -0.15) is 0 Å². The highest BCUT2D eigenvalue weighted by Gasteiger charge is 2.36. The molecule has 7 nitrogen and oxygen atoms in total. The highest BCUT2D eigenvalue weighted by atomic mass is 16.5. The molecule has 0 radical (unpaired) electrons. The van der Waals surface area contributed by atoms with Crippen LogP contribution >= 0.6 is 0 Å². The summed E-state index contributed by atoms with van der Waals surface area (Å²) >= 11 is 0. The van der Waals surface area contributed by atoms with Crippen LogP contribution in [0.25, 0.3) is 0 Å². The van der Waals surface area contributed by atoms with Crippen molar-refractivity contribution < 1.29 is 23.9 Å². The summed E-state index contributed by atoms with van der Waals surface area (Å²) in [5.41, 5.74) is -0.194. The van der Waals surface area contributed by atoms with Gasteiger partial charge < -0.3 is 20.1 Å². The topological polar surface area (TPSA) is 93.7 Å². The lowest BCUT2D eigenvalue weighted by molar-refractivity contribution is -0.135. The Morgan fingerprint density at radius 1 is 0.964 bits per heavy atom. The minimum atomic E-state index is -1.37. The van der Waals surface area contributed by atoms with E-state index in [2.05, 4.69) is 15.4 Å². The number of nitrogens with one attached hydrogen (secondary N) is 2. The fraction of sp³-hybridized carbons (Fsp3) is 0.286. The van der Waals surface area contributed by atoms with Gasteiger partial charge >= 0.3 is 5.97 Å². The second-order valence-electron chi connectivity index (χ2n) is 6.53. The molecule has 0 bridgehead atoms. The molecular weight excluding hydrogens is 360 g/mol. The lowest BCUT2D eigenvalue weighted by Gasteiger charge is -2.23. The fourth-order valence-electron chi connectivity index (χ4n) is 2.36. The summed E-state index contributed by atoms with van der Waals surface area (Å²) in [7, 11) is 1.28. The summed E-state index contributed by atoms with van der Waals surface area (Å²) in [5.74, 6) is -0.983. The Morgan fingerprint density at radius 2 is 1.64 bits per heavy atom. The van der Waals surface area contributed by atoms with Gasteiger partial charge in [-0.25, -0.2) is 4.79 Å². The molecule has 0 aliphatic rings. The van der Waals surface area contributed by atoms with Crippen molar-refractivity contribution in [2.75, 3.05) is 24.4 Å². The minimum Gasteiger partial charge on any atom is -0.492 e. The van der Waals surface area contributed by atoms with Crippen LogP contribution in [0.15, 0.2) is 48.5 Å². The first-order valence-corrected chi connectivity index (χ1v) is 8.82. The Morgan fingerprint density at radius 3 is 2.32 bits per heavy atom. The molecular formula is C21H24N2O5. The fourth-order valence-corrected chi connectivity index (χ4v) is 2.36. The number of carbonyl (C=O) groups is 3. The van der Waals surface area contributed by atoms with E-state index in [4.69, 9.17) is 4.74 Å². The summed E-state index contributed by atoms with van der Waals surface area (Å²) in [6.07, 6.45) is 0. The molecule has 0 fully saturated rings. The maximum absolute atomic E-state index is 12.7. The van der Waals surface area contributed by atoms with Crippen LogP contribution < -0.4 is 15.4 Å². The molecule has 2 rings (SSSR count). The molecule has 0 saturated heterocycles. The van der Waals surface area contributed by atoms with Crippen LogP contribution in [-0.4, -0.2) is 31.5 Å². The van der Waals surface area contributed by atoms with Crippen LogP contribution in [0.2, 0.25) is 0 Å². The van der Waals surface area contributed by atoms with E-state index in [0.29, 0.717) is 29.3 Å². The van der Waals surface area contributed by atoms with Crippen molar-refractivity contribution in [3.8, 4) is 5.75 Å². The maximum Gasteiger partial charge on any atom is 0.337 e. The molecule has 0 spiro atoms. The number of para-hydroxylation sites is 2. The lowest BCUT2D eigenvalue weighted by atomic mass is 9.90. The summed E-state index contributed by atoms with van der Waals surface area (Å²) in [5, 5.41) is 5.41. The van der Waals surface area contributed by atoms with E-state index in [1.165, 1.54) is 27.0 Å². The standard InChI is InChI=1S/C21H24N2O5/c1-5-28-17-12-7-6-11-16(17)23-20(26)21(2,3)19(25)22-15-10-8-9-14(13-15)18(24)27-4/h6-13H,5H2,1-4H3,(H,22,25)(H,23,26). The number of esters is 1. The zero-order valence-electron chi connectivity index (χ0n) is 16.4. The highest BCUT2D eigenvalue weighted by molar-refractivity contribution is 6.14. The first kappa shape index (κ1) is 21.0. The first-order chi connectivity index (χ1) is 13.3. The number of anilines is 2. The third-order valence-electron chi connectivity index (χ3n) is 4.11. The number of rotatable bonds is 7. The monoisotopic (exact) mass is 384 g/mol. The van der Waals surface area contributed by atoms with E-state index < -0.39 is 23.2 Å². The smallest absolute Gasteiger partial charge is 0.337 e. The average Bonchev–Trinajstić information content (AvgIpc) is 2.69. The normalized spacial score (nSPS) is 10.7. The Labute approximate surface area is 164 Å². The molecule has 148 valence electrons. The summed E-state index contributed by atoms with van der Waals surface area (Å²) in [4.78, 5) is 37.1. The number of hydrogen-bond acceptors (Lipinski definition) is 5. The quantitative estimate of drug-likeness (QED) is 0.563. The van der Waals surface area contributed by atoms with Crippen molar-refractivity contribution in [1.29, 1.82) is 0 Å². The van der Waals surface area contributed by atoms with Gasteiger partial charge in [-0.15, -0.1) is 0 Å². The Bertz CT molecular complexity index is 877.